The predicted molar refractivity (Wildman–Crippen MR) is 412 cm³/mol. The number of fused-ring (bicyclic) bond motifs is 3. The summed E-state index contributed by atoms with van der Waals surface area (Å²) in [5.41, 5.74) is 26.3. The summed E-state index contributed by atoms with van der Waals surface area (Å²) in [6.07, 6.45) is 6.97. The molecular formula is C84H106F2N10O9S. The zero-order valence-corrected chi connectivity index (χ0v) is 62.0. The van der Waals surface area contributed by atoms with Gasteiger partial charge in [0.25, 0.3) is 0 Å². The lowest BCUT2D eigenvalue weighted by Gasteiger charge is -2.46. The third-order valence-electron chi connectivity index (χ3n) is 21.9. The smallest absolute Gasteiger partial charge is 0.224 e. The quantitative estimate of drug-likeness (QED) is 0.0164. The number of likely N-dealkylation sites (tertiary alicyclic amines) is 1. The molecule has 4 aliphatic rings. The molecule has 1 aromatic heterocycles. The molecule has 106 heavy (non-hydrogen) atoms. The van der Waals surface area contributed by atoms with Crippen LogP contribution < -0.4 is 38.5 Å². The number of likely N-dealkylation sites (N-methyl/N-ethyl adjacent to an activating group) is 1. The molecule has 3 amide bonds. The number of para-hydroxylation sites is 1. The van der Waals surface area contributed by atoms with Gasteiger partial charge in [-0.15, -0.1) is 0 Å². The molecule has 6 aromatic rings. The van der Waals surface area contributed by atoms with Crippen molar-refractivity contribution in [2.45, 2.75) is 184 Å². The number of aliphatic imine (C=N–C) groups is 1. The maximum Gasteiger partial charge on any atom is 0.224 e. The second-order valence-electron chi connectivity index (χ2n) is 29.9. The number of ketones is 5. The van der Waals surface area contributed by atoms with Crippen LogP contribution in [0.25, 0.3) is 16.5 Å². The van der Waals surface area contributed by atoms with Gasteiger partial charge in [-0.2, -0.15) is 11.8 Å². The zero-order valence-electron chi connectivity index (χ0n) is 61.2. The van der Waals surface area contributed by atoms with Gasteiger partial charge in [-0.25, -0.2) is 8.78 Å². The number of piperidine rings is 1. The number of halogens is 2. The zero-order chi connectivity index (χ0) is 75.2. The van der Waals surface area contributed by atoms with E-state index in [0.717, 1.165) is 60.2 Å². The molecule has 0 radical (unpaired) electrons. The van der Waals surface area contributed by atoms with Crippen molar-refractivity contribution in [1.29, 1.82) is 0 Å². The van der Waals surface area contributed by atoms with Crippen molar-refractivity contribution < 1.29 is 52.2 Å². The number of aromatic nitrogens is 1. The Hall–Kier alpha value is -8.54. The van der Waals surface area contributed by atoms with E-state index in [9.17, 15) is 28.3 Å². The Kier molecular flexibility index (Phi) is 29.7. The van der Waals surface area contributed by atoms with Gasteiger partial charge in [-0.05, 0) is 172 Å². The molecule has 2 aliphatic heterocycles. The minimum atomic E-state index is -1.58. The molecule has 0 unspecified atom stereocenters. The Morgan fingerprint density at radius 3 is 2.00 bits per heavy atom. The number of carbonyl (C=O) groups excluding carboxylic acids is 8. The van der Waals surface area contributed by atoms with Gasteiger partial charge in [-0.1, -0.05) is 122 Å². The molecule has 3 heterocycles. The van der Waals surface area contributed by atoms with Crippen molar-refractivity contribution in [3.63, 3.8) is 0 Å². The molecule has 12 N–H and O–H groups in total. The van der Waals surface area contributed by atoms with Crippen LogP contribution in [-0.4, -0.2) is 149 Å². The van der Waals surface area contributed by atoms with Crippen LogP contribution in [0.2, 0.25) is 0 Å². The number of rotatable bonds is 23. The average Bonchev–Trinajstić information content (AvgIpc) is 1.49. The molecule has 2 saturated heterocycles. The van der Waals surface area contributed by atoms with Crippen LogP contribution in [0.4, 0.5) is 8.78 Å². The summed E-state index contributed by atoms with van der Waals surface area (Å²) in [4.78, 5) is 131. The van der Waals surface area contributed by atoms with Crippen molar-refractivity contribution >= 4 is 80.8 Å². The van der Waals surface area contributed by atoms with Crippen LogP contribution >= 0.6 is 11.8 Å². The van der Waals surface area contributed by atoms with Gasteiger partial charge in [0.05, 0.1) is 24.2 Å². The minimum absolute atomic E-state index is 0.0376. The standard InChI is InChI=1S/C84H106F2N10O9S/c1-52(97)80-78(102)46-61(37-55-38-64(85)48-65(86)39-55)74(98)29-11-5-10-28-70(90-34-35-106-51-56-40-68-67-26-16-23-57-30-31-58(79(57)67)43-73(68)96(2)50-56)75(99)44-60(24-17-33-91-84(88)89)81(103)93-71(41-54-20-8-4-9-21-54)77(101)47-62(36-53-18-6-3-7-19-53)83(105)94-72(42-63-49-92-69-27-13-12-25-66(63)69)76(100)45-59(82(104)95-80)22-14-15-32-87/h3-4,6-9,12-13,16,18-21,23,25-27,31,38-39,48-49,52,56,59-62,68,70-73,80,90,92,97H,5,10-11,14-15,17,22,24,28-30,32-37,40-47,50-51,87H2,1-2H3,(H,93,103)(H,94,105)(H,95,104)(H4,88,89,91)/t52-,56-,59-,60-,61-,62-,68-,70-,71+,72-,73-,80+/m1/s1. The van der Waals surface area contributed by atoms with Gasteiger partial charge in [0.1, 0.15) is 23.5 Å². The van der Waals surface area contributed by atoms with Gasteiger partial charge in [0, 0.05) is 123 Å². The van der Waals surface area contributed by atoms with E-state index in [-0.39, 0.29) is 94.0 Å². The van der Waals surface area contributed by atoms with Gasteiger partial charge < -0.3 is 53.5 Å². The third-order valence-corrected chi connectivity index (χ3v) is 23.1. The van der Waals surface area contributed by atoms with Crippen molar-refractivity contribution in [2.75, 3.05) is 44.7 Å². The number of aliphatic hydroxyl groups is 1. The SMILES string of the molecule is C[C@@H](O)[C@@H]1NC(=O)[C@H](CCCCN)CC(=O)[C@@H](Cc2c[nH]c3ccccc23)NC(=O)[C@H](Cc2ccccc2)CC(=O)[C@H](Cc2ccccc2)NC(=O)[C@H](CCCN=C(N)N)CC(=O)[C@H](NCCSC[C@@H]2C[C@@H]3c4cccc5c4C(=CC5)C[C@H]3N(C)C2)CCCCCC(=O)[C@H](Cc2cc(F)cc(F)c2)CC1=O. The number of benzene rings is 5. The van der Waals surface area contributed by atoms with Crippen molar-refractivity contribution in [1.82, 2.24) is 31.2 Å². The normalized spacial score (nSPS) is 24.8. The third kappa shape index (κ3) is 22.5. The number of nitrogens with zero attached hydrogens (tertiary/aromatic N) is 2. The first-order valence-corrected chi connectivity index (χ1v) is 39.2. The first kappa shape index (κ1) is 80.0. The highest BCUT2D eigenvalue weighted by atomic mass is 32.2. The van der Waals surface area contributed by atoms with E-state index in [1.807, 2.05) is 96.7 Å². The van der Waals surface area contributed by atoms with E-state index < -0.39 is 113 Å². The summed E-state index contributed by atoms with van der Waals surface area (Å²) in [6.45, 7) is 3.20. The number of allylic oxidation sites excluding steroid dienone is 1. The molecule has 12 atom stereocenters. The predicted octanol–water partition coefficient (Wildman–Crippen LogP) is 9.71. The molecule has 0 saturated carbocycles. The molecule has 0 spiro atoms. The molecule has 0 bridgehead atoms. The number of amides is 3. The molecule has 5 aromatic carbocycles. The fraction of sp³-hybridized carbons (Fsp3) is 0.488. The lowest BCUT2D eigenvalue weighted by molar-refractivity contribution is -0.136. The van der Waals surface area contributed by atoms with E-state index in [1.54, 1.807) is 6.20 Å². The minimum Gasteiger partial charge on any atom is -0.391 e. The number of guanidine groups is 1. The number of Topliss-reactive ketones (excluding diaryl/α,β-unsaturated/α-hetero) is 5. The highest BCUT2D eigenvalue weighted by molar-refractivity contribution is 7.99. The van der Waals surface area contributed by atoms with E-state index in [4.69, 9.17) is 17.2 Å². The van der Waals surface area contributed by atoms with E-state index in [1.165, 1.54) is 29.2 Å². The lowest BCUT2D eigenvalue weighted by atomic mass is 9.70. The lowest BCUT2D eigenvalue weighted by Crippen LogP contribution is -2.51. The molecule has 2 fully saturated rings. The Bertz CT molecular complexity index is 4050. The van der Waals surface area contributed by atoms with Crippen LogP contribution in [-0.2, 0) is 70.5 Å². The maximum atomic E-state index is 15.5. The second kappa shape index (κ2) is 39.3. The summed E-state index contributed by atoms with van der Waals surface area (Å²) in [6, 6.07) is 31.1. The molecular weight excluding hydrogens is 1360 g/mol. The Morgan fingerprint density at radius 1 is 0.660 bits per heavy atom. The number of hydrogen-bond acceptors (Lipinski definition) is 14. The summed E-state index contributed by atoms with van der Waals surface area (Å²) in [5, 5.41) is 24.6. The summed E-state index contributed by atoms with van der Waals surface area (Å²) < 4.78 is 29.7. The largest absolute Gasteiger partial charge is 0.391 e. The summed E-state index contributed by atoms with van der Waals surface area (Å²) in [7, 11) is 2.24. The van der Waals surface area contributed by atoms with Crippen molar-refractivity contribution in [2.24, 2.45) is 51.8 Å². The fourth-order valence-corrected chi connectivity index (χ4v) is 17.3. The van der Waals surface area contributed by atoms with E-state index in [0.29, 0.717) is 92.3 Å². The molecule has 19 nitrogen and oxygen atoms in total. The number of H-pyrrole nitrogens is 1. The molecule has 566 valence electrons. The van der Waals surface area contributed by atoms with Gasteiger partial charge >= 0.3 is 0 Å². The Balaban J connectivity index is 0.964. The number of nitrogens with two attached hydrogens (primary N) is 3. The summed E-state index contributed by atoms with van der Waals surface area (Å²) in [5.74, 6) is -8.03. The Morgan fingerprint density at radius 2 is 1.29 bits per heavy atom. The van der Waals surface area contributed by atoms with Gasteiger partial charge in [-0.3, -0.25) is 43.3 Å². The monoisotopic (exact) mass is 1470 g/mol. The number of aliphatic hydroxyl groups excluding tert-OH is 1. The molecule has 10 rings (SSSR count). The Labute approximate surface area is 625 Å². The molecule has 2 aliphatic carbocycles. The van der Waals surface area contributed by atoms with Crippen LogP contribution in [0.1, 0.15) is 155 Å². The number of carbonyl (C=O) groups is 8. The first-order valence-electron chi connectivity index (χ1n) is 38.1. The maximum absolute atomic E-state index is 15.5. The van der Waals surface area contributed by atoms with Gasteiger partial charge in [0.2, 0.25) is 17.7 Å². The average molecular weight is 1470 g/mol. The topological polar surface area (TPSA) is 314 Å². The number of thioether (sulfide) groups is 1. The van der Waals surface area contributed by atoms with Crippen molar-refractivity contribution in [3.8, 4) is 0 Å². The van der Waals surface area contributed by atoms with Crippen molar-refractivity contribution in [3.05, 3.63) is 184 Å². The van der Waals surface area contributed by atoms with E-state index in [2.05, 4.69) is 67.5 Å². The number of hydrogen-bond donors (Lipinski definition) is 9. The van der Waals surface area contributed by atoms with Gasteiger partial charge in [0.15, 0.2) is 29.1 Å². The number of aromatic amines is 1. The van der Waals surface area contributed by atoms with Crippen LogP contribution in [0.15, 0.2) is 139 Å². The molecule has 22 heteroatoms. The summed E-state index contributed by atoms with van der Waals surface area (Å²) >= 11 is 1.84. The van der Waals surface area contributed by atoms with Crippen LogP contribution in [0.3, 0.4) is 0 Å². The van der Waals surface area contributed by atoms with Crippen LogP contribution in [0, 0.1) is 41.2 Å². The fourth-order valence-electron chi connectivity index (χ4n) is 16.3. The van der Waals surface area contributed by atoms with Crippen LogP contribution in [0.5, 0.6) is 0 Å². The first-order chi connectivity index (χ1) is 51.2. The highest BCUT2D eigenvalue weighted by Gasteiger charge is 2.42. The van der Waals surface area contributed by atoms with E-state index >= 15 is 24.0 Å². The number of nitrogens with one attached hydrogen (secondary N) is 5. The number of unbranched alkanes of at least 4 members (excludes halogenated alkanes) is 1. The second-order valence-corrected chi connectivity index (χ2v) is 31.0. The highest BCUT2D eigenvalue weighted by Crippen LogP contribution is 2.49.